The average Bonchev–Trinajstić information content (AvgIpc) is 2.60. The van der Waals surface area contributed by atoms with Gasteiger partial charge in [-0.15, -0.1) is 0 Å². The van der Waals surface area contributed by atoms with E-state index in [4.69, 9.17) is 19.6 Å². The van der Waals surface area contributed by atoms with Gasteiger partial charge in [-0.1, -0.05) is 72.6 Å². The van der Waals surface area contributed by atoms with E-state index in [-0.39, 0.29) is 11.2 Å². The molecule has 0 amide bonds. The molecule has 0 aromatic heterocycles. The standard InChI is InChI=1S/C24H48O4/c1-20(2)22(5,6)25-27-24(28-26-23(7,8)21(3)4)18-16-14-12-10-9-11-13-15-17-19-24/h20-21H,9-19H2,1-8H3. The SMILES string of the molecule is CC(C)C(C)(C)OOC1(OOC(C)(C)C(C)C)CCCCCCCCCCC1. The lowest BCUT2D eigenvalue weighted by molar-refractivity contribution is -0.550. The van der Waals surface area contributed by atoms with Crippen LogP contribution < -0.4 is 0 Å². The van der Waals surface area contributed by atoms with Crippen LogP contribution in [0, 0.1) is 11.8 Å². The Kier molecular flexibility index (Phi) is 11.0. The Morgan fingerprint density at radius 3 is 1.11 bits per heavy atom. The van der Waals surface area contributed by atoms with Crippen molar-refractivity contribution in [3.05, 3.63) is 0 Å². The quantitative estimate of drug-likeness (QED) is 0.237. The van der Waals surface area contributed by atoms with Crippen LogP contribution in [-0.4, -0.2) is 17.0 Å². The molecule has 1 aliphatic rings. The van der Waals surface area contributed by atoms with Crippen molar-refractivity contribution in [2.45, 2.75) is 143 Å². The summed E-state index contributed by atoms with van der Waals surface area (Å²) >= 11 is 0. The maximum Gasteiger partial charge on any atom is 0.234 e. The first kappa shape index (κ1) is 25.9. The summed E-state index contributed by atoms with van der Waals surface area (Å²) < 4.78 is 0. The maximum absolute atomic E-state index is 6.13. The highest BCUT2D eigenvalue weighted by Gasteiger charge is 2.40. The Labute approximate surface area is 174 Å². The molecule has 0 radical (unpaired) electrons. The summed E-state index contributed by atoms with van der Waals surface area (Å²) in [5, 5.41) is 0. The summed E-state index contributed by atoms with van der Waals surface area (Å²) in [6.07, 6.45) is 12.8. The van der Waals surface area contributed by atoms with Gasteiger partial charge in [-0.2, -0.15) is 9.78 Å². The van der Waals surface area contributed by atoms with E-state index in [0.717, 1.165) is 25.7 Å². The van der Waals surface area contributed by atoms with Crippen LogP contribution in [0.3, 0.4) is 0 Å². The van der Waals surface area contributed by atoms with E-state index in [2.05, 4.69) is 55.4 Å². The van der Waals surface area contributed by atoms with E-state index in [9.17, 15) is 0 Å². The van der Waals surface area contributed by atoms with Crippen molar-refractivity contribution in [3.63, 3.8) is 0 Å². The molecule has 28 heavy (non-hydrogen) atoms. The van der Waals surface area contributed by atoms with Crippen molar-refractivity contribution in [1.82, 2.24) is 0 Å². The van der Waals surface area contributed by atoms with Crippen molar-refractivity contribution in [2.75, 3.05) is 0 Å². The summed E-state index contributed by atoms with van der Waals surface area (Å²) in [5.41, 5.74) is -0.763. The fourth-order valence-corrected chi connectivity index (χ4v) is 2.89. The molecule has 0 aromatic carbocycles. The second-order valence-electron chi connectivity index (χ2n) is 10.4. The highest BCUT2D eigenvalue weighted by atomic mass is 17.3. The lowest BCUT2D eigenvalue weighted by Crippen LogP contribution is -2.44. The van der Waals surface area contributed by atoms with Gasteiger partial charge in [0.25, 0.3) is 0 Å². The van der Waals surface area contributed by atoms with Crippen molar-refractivity contribution in [1.29, 1.82) is 0 Å². The van der Waals surface area contributed by atoms with E-state index >= 15 is 0 Å². The fraction of sp³-hybridized carbons (Fsp3) is 1.00. The Hall–Kier alpha value is -0.160. The topological polar surface area (TPSA) is 36.9 Å². The second kappa shape index (κ2) is 11.9. The minimum absolute atomic E-state index is 0.337. The molecular weight excluding hydrogens is 352 g/mol. The van der Waals surface area contributed by atoms with Crippen molar-refractivity contribution < 1.29 is 19.6 Å². The van der Waals surface area contributed by atoms with Crippen LogP contribution in [0.15, 0.2) is 0 Å². The van der Waals surface area contributed by atoms with Gasteiger partial charge in [-0.05, 0) is 52.4 Å². The van der Waals surface area contributed by atoms with Crippen LogP contribution in [0.2, 0.25) is 0 Å². The molecule has 0 heterocycles. The Balaban J connectivity index is 2.92. The third kappa shape index (κ3) is 9.11. The molecule has 4 heteroatoms. The highest BCUT2D eigenvalue weighted by molar-refractivity contribution is 4.75. The maximum atomic E-state index is 6.13. The van der Waals surface area contributed by atoms with E-state index in [1.165, 1.54) is 44.9 Å². The summed E-state index contributed by atoms with van der Waals surface area (Å²) in [5.74, 6) is -0.162. The molecule has 1 saturated carbocycles. The van der Waals surface area contributed by atoms with Gasteiger partial charge < -0.3 is 0 Å². The lowest BCUT2D eigenvalue weighted by atomic mass is 9.95. The summed E-state index contributed by atoms with van der Waals surface area (Å²) in [4.78, 5) is 24.2. The zero-order chi connectivity index (χ0) is 21.3. The minimum atomic E-state index is -0.836. The molecule has 1 rings (SSSR count). The number of rotatable bonds is 8. The molecule has 0 unspecified atom stereocenters. The Morgan fingerprint density at radius 2 is 0.821 bits per heavy atom. The van der Waals surface area contributed by atoms with Crippen LogP contribution in [0.1, 0.15) is 126 Å². The second-order valence-corrected chi connectivity index (χ2v) is 10.4. The Morgan fingerprint density at radius 1 is 0.536 bits per heavy atom. The van der Waals surface area contributed by atoms with Crippen LogP contribution in [0.5, 0.6) is 0 Å². The van der Waals surface area contributed by atoms with Crippen LogP contribution in [-0.2, 0) is 19.6 Å². The predicted octanol–water partition coefficient (Wildman–Crippen LogP) is 7.75. The Bertz CT molecular complexity index is 377. The van der Waals surface area contributed by atoms with Gasteiger partial charge in [-0.25, -0.2) is 9.78 Å². The third-order valence-corrected chi connectivity index (χ3v) is 6.71. The molecule has 1 aliphatic carbocycles. The van der Waals surface area contributed by atoms with Crippen molar-refractivity contribution >= 4 is 0 Å². The van der Waals surface area contributed by atoms with Gasteiger partial charge >= 0.3 is 0 Å². The van der Waals surface area contributed by atoms with E-state index < -0.39 is 5.79 Å². The minimum Gasteiger partial charge on any atom is -0.227 e. The van der Waals surface area contributed by atoms with Gasteiger partial charge in [0.15, 0.2) is 0 Å². The molecule has 0 bridgehead atoms. The van der Waals surface area contributed by atoms with E-state index in [1.54, 1.807) is 0 Å². The summed E-state index contributed by atoms with van der Waals surface area (Å²) in [6, 6.07) is 0. The molecule has 168 valence electrons. The van der Waals surface area contributed by atoms with Crippen LogP contribution in [0.25, 0.3) is 0 Å². The summed E-state index contributed by atoms with van der Waals surface area (Å²) in [6.45, 7) is 16.9. The first-order valence-corrected chi connectivity index (χ1v) is 11.7. The molecule has 0 aliphatic heterocycles. The zero-order valence-corrected chi connectivity index (χ0v) is 20.1. The van der Waals surface area contributed by atoms with E-state index in [0.29, 0.717) is 11.8 Å². The van der Waals surface area contributed by atoms with Crippen LogP contribution in [0.4, 0.5) is 0 Å². The molecule has 0 atom stereocenters. The van der Waals surface area contributed by atoms with Crippen molar-refractivity contribution in [3.8, 4) is 0 Å². The lowest BCUT2D eigenvalue weighted by Gasteiger charge is -2.39. The normalized spacial score (nSPS) is 20.8. The number of hydrogen-bond acceptors (Lipinski definition) is 4. The molecule has 1 fully saturated rings. The predicted molar refractivity (Wildman–Crippen MR) is 116 cm³/mol. The van der Waals surface area contributed by atoms with Gasteiger partial charge in [-0.3, -0.25) is 0 Å². The highest BCUT2D eigenvalue weighted by Crippen LogP contribution is 2.35. The largest absolute Gasteiger partial charge is 0.234 e. The first-order valence-electron chi connectivity index (χ1n) is 11.7. The van der Waals surface area contributed by atoms with Gasteiger partial charge in [0.2, 0.25) is 5.79 Å². The zero-order valence-electron chi connectivity index (χ0n) is 20.1. The first-order chi connectivity index (χ1) is 13.0. The van der Waals surface area contributed by atoms with Gasteiger partial charge in [0, 0.05) is 12.8 Å². The van der Waals surface area contributed by atoms with Gasteiger partial charge in [0.1, 0.15) is 11.2 Å². The molecule has 0 saturated heterocycles. The summed E-state index contributed by atoms with van der Waals surface area (Å²) in [7, 11) is 0. The van der Waals surface area contributed by atoms with Gasteiger partial charge in [0.05, 0.1) is 0 Å². The molecule has 0 spiro atoms. The third-order valence-electron chi connectivity index (χ3n) is 6.71. The van der Waals surface area contributed by atoms with E-state index in [1.807, 2.05) is 0 Å². The molecule has 0 N–H and O–H groups in total. The smallest absolute Gasteiger partial charge is 0.227 e. The fourth-order valence-electron chi connectivity index (χ4n) is 2.89. The molecule has 0 aromatic rings. The van der Waals surface area contributed by atoms with Crippen molar-refractivity contribution in [2.24, 2.45) is 11.8 Å². The molecule has 4 nitrogen and oxygen atoms in total. The molecular formula is C24H48O4. The number of hydrogen-bond donors (Lipinski definition) is 0. The van der Waals surface area contributed by atoms with Crippen LogP contribution >= 0.6 is 0 Å². The average molecular weight is 401 g/mol. The monoisotopic (exact) mass is 400 g/mol.